The van der Waals surface area contributed by atoms with Crippen LogP contribution in [0, 0.1) is 17.5 Å². The Morgan fingerprint density at radius 1 is 1.15 bits per heavy atom. The van der Waals surface area contributed by atoms with Crippen LogP contribution >= 0.6 is 0 Å². The van der Waals surface area contributed by atoms with Gasteiger partial charge < -0.3 is 24.4 Å². The molecule has 0 radical (unpaired) electrons. The molecule has 0 spiro atoms. The van der Waals surface area contributed by atoms with E-state index >= 15 is 0 Å². The van der Waals surface area contributed by atoms with Gasteiger partial charge in [-0.1, -0.05) is 30.3 Å². The molecular formula is C28H28F3N3O5. The number of aromatic nitrogens is 1. The van der Waals surface area contributed by atoms with Crippen molar-refractivity contribution in [3.63, 3.8) is 0 Å². The molecule has 0 saturated carbocycles. The van der Waals surface area contributed by atoms with Crippen LogP contribution in [0.15, 0.2) is 53.5 Å². The number of aliphatic hydroxyl groups excluding tert-OH is 1. The predicted octanol–water partition coefficient (Wildman–Crippen LogP) is 3.17. The first kappa shape index (κ1) is 26.9. The summed E-state index contributed by atoms with van der Waals surface area (Å²) in [4.78, 5) is 28.6. The summed E-state index contributed by atoms with van der Waals surface area (Å²) in [6, 6.07) is 9.73. The van der Waals surface area contributed by atoms with Gasteiger partial charge in [-0.25, -0.2) is 13.2 Å². The zero-order valence-electron chi connectivity index (χ0n) is 21.2. The first-order valence-corrected chi connectivity index (χ1v) is 12.6. The third kappa shape index (κ3) is 5.42. The largest absolute Gasteiger partial charge is 0.483 e. The van der Waals surface area contributed by atoms with Gasteiger partial charge in [0, 0.05) is 43.5 Å². The summed E-state index contributed by atoms with van der Waals surface area (Å²) < 4.78 is 49.0. The molecule has 2 aromatic carbocycles. The minimum absolute atomic E-state index is 0.0106. The molecule has 3 aromatic rings. The quantitative estimate of drug-likeness (QED) is 0.396. The van der Waals surface area contributed by atoms with Crippen LogP contribution < -0.4 is 15.5 Å². The Labute approximate surface area is 222 Å². The highest BCUT2D eigenvalue weighted by Gasteiger charge is 2.41. The van der Waals surface area contributed by atoms with Crippen molar-refractivity contribution in [2.24, 2.45) is 0 Å². The van der Waals surface area contributed by atoms with E-state index in [9.17, 15) is 33.0 Å². The topological polar surface area (TPSA) is 104 Å². The highest BCUT2D eigenvalue weighted by Crippen LogP contribution is 2.35. The molecule has 1 aromatic heterocycles. The Kier molecular flexibility index (Phi) is 7.23. The first-order chi connectivity index (χ1) is 18.5. The van der Waals surface area contributed by atoms with Gasteiger partial charge >= 0.3 is 0 Å². The van der Waals surface area contributed by atoms with Crippen LogP contribution in [0.25, 0.3) is 0 Å². The van der Waals surface area contributed by atoms with Crippen LogP contribution in [0.3, 0.4) is 0 Å². The molecule has 5 rings (SSSR count). The standard InChI is InChI=1S/C28H28F3N3O5/c1-28(38)8-7-18-12-33(15-28)27(37)23-25(39-14-16-5-3-2-4-6-16)24(35)20(13-34(18)23)26(36)32-11-19-21(30)9-17(29)10-22(19)31/h2-6,9-10,13,18,26,32,36,38H,7-8,11-12,14-15H2,1H3/t18-,26?,28-/m0/s1. The van der Waals surface area contributed by atoms with E-state index in [1.165, 1.54) is 11.1 Å². The summed E-state index contributed by atoms with van der Waals surface area (Å²) in [5.41, 5.74) is -1.83. The van der Waals surface area contributed by atoms with E-state index in [1.807, 2.05) is 6.07 Å². The number of nitrogens with one attached hydrogen (secondary N) is 1. The molecule has 3 heterocycles. The zero-order valence-corrected chi connectivity index (χ0v) is 21.2. The Morgan fingerprint density at radius 2 is 1.85 bits per heavy atom. The van der Waals surface area contributed by atoms with Crippen molar-refractivity contribution < 1.29 is 32.9 Å². The van der Waals surface area contributed by atoms with Gasteiger partial charge in [0.1, 0.15) is 30.3 Å². The van der Waals surface area contributed by atoms with E-state index in [4.69, 9.17) is 4.74 Å². The SMILES string of the molecule is C[C@]1(O)CC[C@H]2CN(C1)C(=O)c1c(OCc3ccccc3)c(=O)c(C(O)NCc3c(F)cc(F)cc3F)cn12. The van der Waals surface area contributed by atoms with Crippen LogP contribution in [0.2, 0.25) is 0 Å². The number of pyridine rings is 1. The van der Waals surface area contributed by atoms with Gasteiger partial charge in [0.2, 0.25) is 5.43 Å². The van der Waals surface area contributed by atoms with Crippen molar-refractivity contribution in [1.29, 1.82) is 0 Å². The van der Waals surface area contributed by atoms with Gasteiger partial charge in [0.15, 0.2) is 11.4 Å². The number of carbonyl (C=O) groups excluding carboxylic acids is 1. The summed E-state index contributed by atoms with van der Waals surface area (Å²) in [6.07, 6.45) is 0.536. The molecule has 8 nitrogen and oxygen atoms in total. The maximum Gasteiger partial charge on any atom is 0.274 e. The number of benzene rings is 2. The third-order valence-corrected chi connectivity index (χ3v) is 7.18. The molecule has 2 aliphatic rings. The van der Waals surface area contributed by atoms with Crippen LogP contribution in [-0.4, -0.2) is 44.3 Å². The van der Waals surface area contributed by atoms with E-state index in [1.54, 1.807) is 35.8 Å². The summed E-state index contributed by atoms with van der Waals surface area (Å²) in [5, 5.41) is 24.1. The van der Waals surface area contributed by atoms with Crippen molar-refractivity contribution in [3.8, 4) is 5.75 Å². The summed E-state index contributed by atoms with van der Waals surface area (Å²) >= 11 is 0. The Morgan fingerprint density at radius 3 is 2.54 bits per heavy atom. The number of nitrogens with zero attached hydrogens (tertiary/aromatic N) is 2. The van der Waals surface area contributed by atoms with E-state index in [2.05, 4.69) is 5.32 Å². The minimum atomic E-state index is -1.69. The smallest absolute Gasteiger partial charge is 0.274 e. The Balaban J connectivity index is 1.53. The molecule has 1 unspecified atom stereocenters. The van der Waals surface area contributed by atoms with Crippen molar-refractivity contribution in [2.75, 3.05) is 13.1 Å². The molecule has 1 saturated heterocycles. The number of rotatable bonds is 7. The van der Waals surface area contributed by atoms with Gasteiger partial charge in [-0.3, -0.25) is 14.9 Å². The van der Waals surface area contributed by atoms with Gasteiger partial charge in [-0.15, -0.1) is 0 Å². The maximum atomic E-state index is 14.1. The summed E-state index contributed by atoms with van der Waals surface area (Å²) in [7, 11) is 0. The number of fused-ring (bicyclic) bond motifs is 4. The minimum Gasteiger partial charge on any atom is -0.483 e. The second-order valence-electron chi connectivity index (χ2n) is 10.3. The molecule has 3 atom stereocenters. The highest BCUT2D eigenvalue weighted by atomic mass is 19.1. The molecule has 39 heavy (non-hydrogen) atoms. The van der Waals surface area contributed by atoms with Crippen molar-refractivity contribution in [2.45, 2.75) is 50.8 Å². The zero-order chi connectivity index (χ0) is 27.9. The Hall–Kier alpha value is -3.67. The van der Waals surface area contributed by atoms with Crippen LogP contribution in [0.1, 0.15) is 59.2 Å². The number of carbonyl (C=O) groups is 1. The molecule has 11 heteroatoms. The van der Waals surface area contributed by atoms with E-state index < -0.39 is 52.7 Å². The van der Waals surface area contributed by atoms with Gasteiger partial charge in [0.05, 0.1) is 17.2 Å². The molecule has 3 N–H and O–H groups in total. The number of ether oxygens (including phenoxy) is 1. The molecule has 1 amide bonds. The number of hydrogen-bond donors (Lipinski definition) is 3. The average Bonchev–Trinajstić information content (AvgIpc) is 3.02. The van der Waals surface area contributed by atoms with E-state index in [0.29, 0.717) is 25.0 Å². The first-order valence-electron chi connectivity index (χ1n) is 12.6. The lowest BCUT2D eigenvalue weighted by molar-refractivity contribution is 0.0201. The van der Waals surface area contributed by atoms with Crippen molar-refractivity contribution in [3.05, 3.63) is 98.7 Å². The summed E-state index contributed by atoms with van der Waals surface area (Å²) in [6.45, 7) is 1.46. The van der Waals surface area contributed by atoms with Crippen LogP contribution in [0.4, 0.5) is 13.2 Å². The fourth-order valence-electron chi connectivity index (χ4n) is 5.14. The fraction of sp³-hybridized carbons (Fsp3) is 0.357. The van der Waals surface area contributed by atoms with E-state index in [-0.39, 0.29) is 42.7 Å². The second kappa shape index (κ2) is 10.5. The molecule has 0 aliphatic carbocycles. The molecular weight excluding hydrogens is 515 g/mol. The number of hydrogen-bond acceptors (Lipinski definition) is 6. The molecule has 1 fully saturated rings. The lowest BCUT2D eigenvalue weighted by Crippen LogP contribution is -2.48. The van der Waals surface area contributed by atoms with Crippen LogP contribution in [0.5, 0.6) is 5.75 Å². The second-order valence-corrected chi connectivity index (χ2v) is 10.3. The monoisotopic (exact) mass is 543 g/mol. The molecule has 2 bridgehead atoms. The Bertz CT molecular complexity index is 1440. The van der Waals surface area contributed by atoms with Gasteiger partial charge in [-0.05, 0) is 25.3 Å². The summed E-state index contributed by atoms with van der Waals surface area (Å²) in [5.74, 6) is -4.12. The molecule has 2 aliphatic heterocycles. The lowest BCUT2D eigenvalue weighted by Gasteiger charge is -2.36. The highest BCUT2D eigenvalue weighted by molar-refractivity contribution is 5.96. The normalized spacial score (nSPS) is 21.3. The van der Waals surface area contributed by atoms with Crippen LogP contribution in [-0.2, 0) is 13.2 Å². The fourth-order valence-corrected chi connectivity index (χ4v) is 5.14. The number of amides is 1. The van der Waals surface area contributed by atoms with Gasteiger partial charge in [-0.2, -0.15) is 0 Å². The number of aliphatic hydroxyl groups is 2. The predicted molar refractivity (Wildman–Crippen MR) is 134 cm³/mol. The maximum absolute atomic E-state index is 14.1. The van der Waals surface area contributed by atoms with Crippen molar-refractivity contribution >= 4 is 5.91 Å². The van der Waals surface area contributed by atoms with E-state index in [0.717, 1.165) is 5.56 Å². The third-order valence-electron chi connectivity index (χ3n) is 7.18. The number of halogens is 3. The molecule has 206 valence electrons. The van der Waals surface area contributed by atoms with Gasteiger partial charge in [0.25, 0.3) is 5.91 Å². The lowest BCUT2D eigenvalue weighted by atomic mass is 9.99. The van der Waals surface area contributed by atoms with Crippen molar-refractivity contribution in [1.82, 2.24) is 14.8 Å². The average molecular weight is 544 g/mol.